The summed E-state index contributed by atoms with van der Waals surface area (Å²) >= 11 is 0. The average Bonchev–Trinajstić information content (AvgIpc) is 3.31. The summed E-state index contributed by atoms with van der Waals surface area (Å²) in [6.45, 7) is 2.39. The van der Waals surface area contributed by atoms with Crippen LogP contribution in [0.2, 0.25) is 0 Å². The molecule has 0 spiro atoms. The molecule has 0 radical (unpaired) electrons. The zero-order chi connectivity index (χ0) is 19.5. The number of anilines is 1. The molecule has 2 N–H and O–H groups in total. The van der Waals surface area contributed by atoms with Crippen LogP contribution < -0.4 is 10.6 Å². The molecule has 3 aromatic rings. The van der Waals surface area contributed by atoms with Crippen LogP contribution in [0.15, 0.2) is 41.2 Å². The molecular weight excluding hydrogens is 360 g/mol. The van der Waals surface area contributed by atoms with Crippen LogP contribution in [0.4, 0.5) is 10.5 Å². The molecule has 2 atom stereocenters. The van der Waals surface area contributed by atoms with Crippen molar-refractivity contribution in [2.75, 3.05) is 11.9 Å². The molecule has 4 rings (SSSR count). The molecule has 0 aliphatic carbocycles. The highest BCUT2D eigenvalue weighted by Crippen LogP contribution is 2.27. The van der Waals surface area contributed by atoms with Gasteiger partial charge in [0.15, 0.2) is 0 Å². The molecule has 0 bridgehead atoms. The van der Waals surface area contributed by atoms with Crippen molar-refractivity contribution in [1.29, 1.82) is 0 Å². The minimum absolute atomic E-state index is 0.155. The van der Waals surface area contributed by atoms with Gasteiger partial charge in [0.05, 0.1) is 6.04 Å². The molecule has 9 nitrogen and oxygen atoms in total. The Labute approximate surface area is 162 Å². The second kappa shape index (κ2) is 7.81. The number of ether oxygens (including phenoxy) is 1. The number of carbonyl (C=O) groups excluding carboxylic acids is 1. The Kier molecular flexibility index (Phi) is 5.07. The van der Waals surface area contributed by atoms with Crippen LogP contribution in [0, 0.1) is 6.92 Å². The number of benzene rings is 1. The normalized spacial score (nSPS) is 19.4. The minimum Gasteiger partial charge on any atom is -0.368 e. The van der Waals surface area contributed by atoms with Gasteiger partial charge in [-0.1, -0.05) is 17.3 Å². The quantitative estimate of drug-likeness (QED) is 0.718. The summed E-state index contributed by atoms with van der Waals surface area (Å²) < 4.78 is 12.8. The van der Waals surface area contributed by atoms with Gasteiger partial charge in [0.25, 0.3) is 0 Å². The smallest absolute Gasteiger partial charge is 0.319 e. The topological polar surface area (TPSA) is 107 Å². The first-order valence-corrected chi connectivity index (χ1v) is 9.17. The van der Waals surface area contributed by atoms with Gasteiger partial charge in [0.2, 0.25) is 11.7 Å². The fourth-order valence-electron chi connectivity index (χ4n) is 3.32. The monoisotopic (exact) mass is 382 g/mol. The van der Waals surface area contributed by atoms with E-state index in [0.717, 1.165) is 24.2 Å². The first-order chi connectivity index (χ1) is 13.6. The second-order valence-corrected chi connectivity index (χ2v) is 6.75. The molecular formula is C19H22N6O3. The van der Waals surface area contributed by atoms with E-state index in [4.69, 9.17) is 9.26 Å². The summed E-state index contributed by atoms with van der Waals surface area (Å²) in [6.07, 6.45) is 5.05. The molecule has 0 unspecified atom stereocenters. The van der Waals surface area contributed by atoms with Crippen molar-refractivity contribution in [3.05, 3.63) is 48.4 Å². The Balaban J connectivity index is 1.44. The standard InChI is InChI=1S/C19H22N6O3/c1-12-21-17(24-28-12)13-5-3-6-14(11-13)22-19(26)23-15-7-4-10-27-16(15)18-20-8-9-25(18)2/h3,5-6,8-9,11,15-16H,4,7,10H2,1-2H3,(H2,22,23,26)/t15-,16-/m0/s1. The Morgan fingerprint density at radius 1 is 1.36 bits per heavy atom. The summed E-state index contributed by atoms with van der Waals surface area (Å²) in [5.41, 5.74) is 1.41. The number of aromatic nitrogens is 4. The first kappa shape index (κ1) is 18.2. The van der Waals surface area contributed by atoms with Gasteiger partial charge in [-0.3, -0.25) is 0 Å². The molecule has 1 aromatic carbocycles. The van der Waals surface area contributed by atoms with E-state index >= 15 is 0 Å². The van der Waals surface area contributed by atoms with E-state index in [0.29, 0.717) is 24.0 Å². The summed E-state index contributed by atoms with van der Waals surface area (Å²) in [4.78, 5) is 21.2. The lowest BCUT2D eigenvalue weighted by molar-refractivity contribution is -0.0136. The number of imidazole rings is 1. The molecule has 1 aliphatic rings. The second-order valence-electron chi connectivity index (χ2n) is 6.75. The fraction of sp³-hybridized carbons (Fsp3) is 0.368. The molecule has 2 aromatic heterocycles. The highest BCUT2D eigenvalue weighted by atomic mass is 16.5. The molecule has 1 fully saturated rings. The molecule has 28 heavy (non-hydrogen) atoms. The van der Waals surface area contributed by atoms with Gasteiger partial charge >= 0.3 is 6.03 Å². The minimum atomic E-state index is -0.295. The Hall–Kier alpha value is -3.20. The molecule has 0 saturated carbocycles. The van der Waals surface area contributed by atoms with E-state index in [1.54, 1.807) is 19.2 Å². The SMILES string of the molecule is Cc1nc(-c2cccc(NC(=O)N[C@H]3CCCO[C@@H]3c3nccn3C)c2)no1. The third-order valence-corrected chi connectivity index (χ3v) is 4.66. The third-order valence-electron chi connectivity index (χ3n) is 4.66. The summed E-state index contributed by atoms with van der Waals surface area (Å²) in [5.74, 6) is 1.78. The number of nitrogens with zero attached hydrogens (tertiary/aromatic N) is 4. The molecule has 146 valence electrons. The van der Waals surface area contributed by atoms with Crippen LogP contribution in [0.3, 0.4) is 0 Å². The molecule has 3 heterocycles. The van der Waals surface area contributed by atoms with Crippen molar-refractivity contribution < 1.29 is 14.1 Å². The van der Waals surface area contributed by atoms with Crippen molar-refractivity contribution in [3.8, 4) is 11.4 Å². The van der Waals surface area contributed by atoms with Crippen LogP contribution in [-0.2, 0) is 11.8 Å². The molecule has 1 saturated heterocycles. The molecule has 9 heteroatoms. The maximum absolute atomic E-state index is 12.6. The van der Waals surface area contributed by atoms with Crippen LogP contribution >= 0.6 is 0 Å². The van der Waals surface area contributed by atoms with Gasteiger partial charge in [-0.15, -0.1) is 0 Å². The highest BCUT2D eigenvalue weighted by Gasteiger charge is 2.31. The van der Waals surface area contributed by atoms with Gasteiger partial charge in [-0.05, 0) is 25.0 Å². The summed E-state index contributed by atoms with van der Waals surface area (Å²) in [7, 11) is 1.92. The van der Waals surface area contributed by atoms with Crippen molar-refractivity contribution >= 4 is 11.7 Å². The number of nitrogens with one attached hydrogen (secondary N) is 2. The molecule has 1 aliphatic heterocycles. The fourth-order valence-corrected chi connectivity index (χ4v) is 3.32. The van der Waals surface area contributed by atoms with Crippen LogP contribution in [0.25, 0.3) is 11.4 Å². The van der Waals surface area contributed by atoms with Gasteiger partial charge in [0.1, 0.15) is 11.9 Å². The largest absolute Gasteiger partial charge is 0.368 e. The van der Waals surface area contributed by atoms with Crippen LogP contribution in [0.5, 0.6) is 0 Å². The number of urea groups is 1. The van der Waals surface area contributed by atoms with Crippen LogP contribution in [-0.4, -0.2) is 38.4 Å². The maximum Gasteiger partial charge on any atom is 0.319 e. The molecule has 2 amide bonds. The zero-order valence-corrected chi connectivity index (χ0v) is 15.8. The predicted octanol–water partition coefficient (Wildman–Crippen LogP) is 2.82. The van der Waals surface area contributed by atoms with Crippen molar-refractivity contribution in [3.63, 3.8) is 0 Å². The van der Waals surface area contributed by atoms with E-state index < -0.39 is 0 Å². The average molecular weight is 382 g/mol. The number of aryl methyl sites for hydroxylation is 2. The summed E-state index contributed by atoms with van der Waals surface area (Å²) in [5, 5.41) is 9.79. The highest BCUT2D eigenvalue weighted by molar-refractivity contribution is 5.90. The van der Waals surface area contributed by atoms with E-state index in [9.17, 15) is 4.79 Å². The third kappa shape index (κ3) is 3.89. The van der Waals surface area contributed by atoms with Crippen molar-refractivity contribution in [2.24, 2.45) is 7.05 Å². The Bertz CT molecular complexity index is 966. The predicted molar refractivity (Wildman–Crippen MR) is 102 cm³/mol. The van der Waals surface area contributed by atoms with Gasteiger partial charge < -0.3 is 24.5 Å². The Morgan fingerprint density at radius 3 is 3.00 bits per heavy atom. The van der Waals surface area contributed by atoms with Gasteiger partial charge in [0, 0.05) is 44.2 Å². The zero-order valence-electron chi connectivity index (χ0n) is 15.8. The number of rotatable bonds is 4. The van der Waals surface area contributed by atoms with Gasteiger partial charge in [-0.2, -0.15) is 4.98 Å². The van der Waals surface area contributed by atoms with Gasteiger partial charge in [-0.25, -0.2) is 9.78 Å². The number of amides is 2. The Morgan fingerprint density at radius 2 is 2.25 bits per heavy atom. The number of hydrogen-bond acceptors (Lipinski definition) is 6. The lowest BCUT2D eigenvalue weighted by atomic mass is 10.0. The number of hydrogen-bond donors (Lipinski definition) is 2. The van der Waals surface area contributed by atoms with E-state index in [-0.39, 0.29) is 18.2 Å². The summed E-state index contributed by atoms with van der Waals surface area (Å²) in [6, 6.07) is 6.85. The van der Waals surface area contributed by atoms with Crippen LogP contribution in [0.1, 0.15) is 30.7 Å². The lowest BCUT2D eigenvalue weighted by Crippen LogP contribution is -2.45. The lowest BCUT2D eigenvalue weighted by Gasteiger charge is -2.31. The van der Waals surface area contributed by atoms with Crippen molar-refractivity contribution in [1.82, 2.24) is 25.0 Å². The number of carbonyl (C=O) groups is 1. The van der Waals surface area contributed by atoms with E-state index in [1.165, 1.54) is 0 Å². The van der Waals surface area contributed by atoms with Crippen molar-refractivity contribution in [2.45, 2.75) is 31.9 Å². The maximum atomic E-state index is 12.6. The van der Waals surface area contributed by atoms with E-state index in [2.05, 4.69) is 25.8 Å². The first-order valence-electron chi connectivity index (χ1n) is 9.17. The van der Waals surface area contributed by atoms with E-state index in [1.807, 2.05) is 36.0 Å².